The minimum absolute atomic E-state index is 0.269. The van der Waals surface area contributed by atoms with Gasteiger partial charge in [-0.1, -0.05) is 35.9 Å². The minimum Gasteiger partial charge on any atom is -0.462 e. The number of hydrogen-bond donors (Lipinski definition) is 2. The summed E-state index contributed by atoms with van der Waals surface area (Å²) in [6.07, 6.45) is 4.34. The smallest absolute Gasteiger partial charge is 0.322 e. The third-order valence-electron chi connectivity index (χ3n) is 9.08. The molecule has 2 atom stereocenters. The number of carbonyl (C=O) groups excluding carboxylic acids is 2. The highest BCUT2D eigenvalue weighted by atomic mass is 35.5. The van der Waals surface area contributed by atoms with E-state index >= 15 is 0 Å². The lowest BCUT2D eigenvalue weighted by molar-refractivity contribution is -0.124. The number of fused-ring (bicyclic) bond motifs is 2. The van der Waals surface area contributed by atoms with Crippen molar-refractivity contribution in [2.24, 2.45) is 0 Å². The minimum atomic E-state index is -0.943. The number of ether oxygens (including phenoxy) is 1. The van der Waals surface area contributed by atoms with Crippen LogP contribution in [0.5, 0.6) is 6.01 Å². The number of amides is 3. The van der Waals surface area contributed by atoms with Gasteiger partial charge in [0.2, 0.25) is 0 Å². The number of nitrogens with zero attached hydrogens (tertiary/aromatic N) is 5. The van der Waals surface area contributed by atoms with Gasteiger partial charge < -0.3 is 24.8 Å². The van der Waals surface area contributed by atoms with Gasteiger partial charge in [-0.3, -0.25) is 10.1 Å². The number of halogens is 1. The Morgan fingerprint density at radius 2 is 1.93 bits per heavy atom. The Morgan fingerprint density at radius 1 is 1.07 bits per heavy atom. The van der Waals surface area contributed by atoms with Gasteiger partial charge in [0.15, 0.2) is 0 Å². The average molecular weight is 576 g/mol. The maximum Gasteiger partial charge on any atom is 0.322 e. The van der Waals surface area contributed by atoms with Crippen molar-refractivity contribution < 1.29 is 14.3 Å². The van der Waals surface area contributed by atoms with E-state index in [0.717, 1.165) is 83.9 Å². The fraction of sp³-hybridized carbons (Fsp3) is 0.467. The van der Waals surface area contributed by atoms with Gasteiger partial charge in [0.05, 0.1) is 23.8 Å². The molecular formula is C30H34ClN7O3. The number of benzene rings is 2. The molecule has 0 bridgehead atoms. The number of nitrogens with one attached hydrogen (secondary N) is 2. The maximum absolute atomic E-state index is 12.8. The van der Waals surface area contributed by atoms with Crippen molar-refractivity contribution in [3.63, 3.8) is 0 Å². The molecule has 0 aliphatic carbocycles. The molecule has 3 aromatic rings. The van der Waals surface area contributed by atoms with Crippen molar-refractivity contribution in [1.82, 2.24) is 25.5 Å². The van der Waals surface area contributed by atoms with Gasteiger partial charge in [-0.05, 0) is 63.2 Å². The molecule has 41 heavy (non-hydrogen) atoms. The predicted octanol–water partition coefficient (Wildman–Crippen LogP) is 3.50. The molecule has 3 saturated heterocycles. The molecule has 11 heteroatoms. The normalized spacial score (nSPS) is 24.6. The number of piperidine rings is 1. The highest BCUT2D eigenvalue weighted by Crippen LogP contribution is 2.38. The summed E-state index contributed by atoms with van der Waals surface area (Å²) in [5, 5.41) is 8.18. The lowest BCUT2D eigenvalue weighted by atomic mass is 9.88. The molecule has 0 radical (unpaired) electrons. The highest BCUT2D eigenvalue weighted by molar-refractivity contribution is 6.36. The molecule has 3 amide bonds. The summed E-state index contributed by atoms with van der Waals surface area (Å²) >= 11 is 6.68. The van der Waals surface area contributed by atoms with Crippen molar-refractivity contribution in [3.8, 4) is 6.01 Å². The highest BCUT2D eigenvalue weighted by Gasteiger charge is 2.49. The van der Waals surface area contributed by atoms with Crippen LogP contribution in [-0.4, -0.2) is 78.2 Å². The molecule has 1 spiro atoms. The summed E-state index contributed by atoms with van der Waals surface area (Å²) in [5.74, 6) is 0.531. The van der Waals surface area contributed by atoms with Gasteiger partial charge in [0.1, 0.15) is 18.0 Å². The summed E-state index contributed by atoms with van der Waals surface area (Å²) < 4.78 is 6.26. The van der Waals surface area contributed by atoms with E-state index in [0.29, 0.717) is 38.2 Å². The summed E-state index contributed by atoms with van der Waals surface area (Å²) in [5.41, 5.74) is 2.12. The third-order valence-corrected chi connectivity index (χ3v) is 9.39. The Kier molecular flexibility index (Phi) is 6.62. The first-order chi connectivity index (χ1) is 19.9. The van der Waals surface area contributed by atoms with Crippen LogP contribution < -0.4 is 25.2 Å². The Bertz CT molecular complexity index is 1530. The number of anilines is 2. The monoisotopic (exact) mass is 575 g/mol. The fourth-order valence-electron chi connectivity index (χ4n) is 6.87. The SMILES string of the molecule is CN1CCC[C@H]1COc1nc2c(c(N3CCCC4(C3)NC(=O)NC4=O)n1)CCN(c1cccc3cccc(Cl)c13)C2. The van der Waals surface area contributed by atoms with E-state index in [1.165, 1.54) is 0 Å². The second kappa shape index (κ2) is 10.3. The zero-order chi connectivity index (χ0) is 28.1. The van der Waals surface area contributed by atoms with Crippen molar-refractivity contribution >= 4 is 45.8 Å². The zero-order valence-electron chi connectivity index (χ0n) is 23.2. The maximum atomic E-state index is 12.8. The topological polar surface area (TPSA) is 103 Å². The van der Waals surface area contributed by atoms with Crippen LogP contribution in [0.3, 0.4) is 0 Å². The first kappa shape index (κ1) is 26.3. The first-order valence-corrected chi connectivity index (χ1v) is 14.8. The Hall–Kier alpha value is -3.63. The largest absolute Gasteiger partial charge is 0.462 e. The molecule has 7 rings (SSSR count). The van der Waals surface area contributed by atoms with E-state index in [2.05, 4.69) is 56.6 Å². The molecule has 10 nitrogen and oxygen atoms in total. The van der Waals surface area contributed by atoms with E-state index in [1.807, 2.05) is 12.1 Å². The van der Waals surface area contributed by atoms with Gasteiger partial charge in [0, 0.05) is 35.8 Å². The predicted molar refractivity (Wildman–Crippen MR) is 158 cm³/mol. The molecule has 2 aromatic carbocycles. The molecule has 5 heterocycles. The Morgan fingerprint density at radius 3 is 2.71 bits per heavy atom. The van der Waals surface area contributed by atoms with Crippen LogP contribution in [0, 0.1) is 0 Å². The molecule has 0 saturated carbocycles. The van der Waals surface area contributed by atoms with Crippen molar-refractivity contribution in [1.29, 1.82) is 0 Å². The van der Waals surface area contributed by atoms with Crippen molar-refractivity contribution in [3.05, 3.63) is 52.7 Å². The van der Waals surface area contributed by atoms with E-state index in [1.54, 1.807) is 0 Å². The van der Waals surface area contributed by atoms with Crippen molar-refractivity contribution in [2.75, 3.05) is 49.6 Å². The molecule has 3 fully saturated rings. The van der Waals surface area contributed by atoms with Crippen LogP contribution in [0.2, 0.25) is 5.02 Å². The van der Waals surface area contributed by atoms with Gasteiger partial charge in [0.25, 0.3) is 5.91 Å². The number of likely N-dealkylation sites (N-methyl/N-ethyl adjacent to an activating group) is 1. The summed E-state index contributed by atoms with van der Waals surface area (Å²) in [7, 11) is 2.13. The van der Waals surface area contributed by atoms with Crippen LogP contribution >= 0.6 is 11.6 Å². The first-order valence-electron chi connectivity index (χ1n) is 14.4. The average Bonchev–Trinajstić information content (AvgIpc) is 3.51. The third kappa shape index (κ3) is 4.72. The zero-order valence-corrected chi connectivity index (χ0v) is 23.9. The lowest BCUT2D eigenvalue weighted by Gasteiger charge is -2.40. The fourth-order valence-corrected chi connectivity index (χ4v) is 7.15. The van der Waals surface area contributed by atoms with Gasteiger partial charge in [-0.2, -0.15) is 9.97 Å². The summed E-state index contributed by atoms with van der Waals surface area (Å²) in [6.45, 7) is 4.06. The molecular weight excluding hydrogens is 542 g/mol. The molecule has 4 aliphatic heterocycles. The lowest BCUT2D eigenvalue weighted by Crippen LogP contribution is -2.59. The number of aromatic nitrogens is 2. The summed E-state index contributed by atoms with van der Waals surface area (Å²) in [4.78, 5) is 41.5. The van der Waals surface area contributed by atoms with Crippen LogP contribution in [0.25, 0.3) is 10.8 Å². The van der Waals surface area contributed by atoms with Crippen LogP contribution in [-0.2, 0) is 17.8 Å². The summed E-state index contributed by atoms with van der Waals surface area (Å²) in [6, 6.07) is 12.5. The molecule has 1 unspecified atom stereocenters. The van der Waals surface area contributed by atoms with Crippen LogP contribution in [0.4, 0.5) is 16.3 Å². The van der Waals surface area contributed by atoms with Gasteiger partial charge >= 0.3 is 12.0 Å². The van der Waals surface area contributed by atoms with Gasteiger partial charge in [-0.15, -0.1) is 0 Å². The number of likely N-dealkylation sites (tertiary alicyclic amines) is 1. The number of hydrogen-bond acceptors (Lipinski definition) is 8. The number of imide groups is 1. The van der Waals surface area contributed by atoms with Crippen molar-refractivity contribution in [2.45, 2.75) is 50.2 Å². The molecule has 1 aromatic heterocycles. The second-order valence-corrected chi connectivity index (χ2v) is 12.1. The van der Waals surface area contributed by atoms with Crippen LogP contribution in [0.1, 0.15) is 36.9 Å². The number of carbonyl (C=O) groups is 2. The Balaban J connectivity index is 1.24. The van der Waals surface area contributed by atoms with E-state index < -0.39 is 11.6 Å². The quantitative estimate of drug-likeness (QED) is 0.446. The van der Waals surface area contributed by atoms with E-state index in [4.69, 9.17) is 26.3 Å². The number of rotatable bonds is 5. The Labute approximate surface area is 244 Å². The molecule has 214 valence electrons. The van der Waals surface area contributed by atoms with Crippen LogP contribution in [0.15, 0.2) is 36.4 Å². The van der Waals surface area contributed by atoms with E-state index in [-0.39, 0.29) is 5.91 Å². The van der Waals surface area contributed by atoms with Gasteiger partial charge in [-0.25, -0.2) is 4.79 Å². The molecule has 2 N–H and O–H groups in total. The standard InChI is InChI=1S/C30H34ClN7O3/c1-36-13-4-8-20(36)17-41-29-32-23-16-37(24-10-3-7-19-6-2-9-22(31)25(19)24)15-11-21(23)26(33-29)38-14-5-12-30(18-38)27(39)34-28(40)35-30/h2-3,6-7,9-10,20H,4-5,8,11-18H2,1H3,(H2,34,35,39,40)/t20-,30?/m0/s1. The van der Waals surface area contributed by atoms with E-state index in [9.17, 15) is 9.59 Å². The second-order valence-electron chi connectivity index (χ2n) is 11.6. The molecule has 4 aliphatic rings. The number of urea groups is 1.